The minimum absolute atomic E-state index is 0.0177. The first-order valence-electron chi connectivity index (χ1n) is 8.74. The third-order valence-electron chi connectivity index (χ3n) is 5.23. The van der Waals surface area contributed by atoms with Crippen molar-refractivity contribution in [1.29, 1.82) is 0 Å². The number of aromatic nitrogens is 1. The Balaban J connectivity index is 1.78. The molecule has 2 N–H and O–H groups in total. The van der Waals surface area contributed by atoms with Crippen LogP contribution in [0.5, 0.6) is 5.88 Å². The minimum atomic E-state index is -4.48. The molecule has 150 valence electrons. The van der Waals surface area contributed by atoms with Crippen LogP contribution >= 0.6 is 0 Å². The smallest absolute Gasteiger partial charge is 0.411 e. The number of alkyl halides is 3. The van der Waals surface area contributed by atoms with Gasteiger partial charge in [-0.1, -0.05) is 0 Å². The number of ether oxygens (including phenoxy) is 1. The second-order valence-electron chi connectivity index (χ2n) is 6.92. The van der Waals surface area contributed by atoms with Gasteiger partial charge in [-0.3, -0.25) is 4.79 Å². The molecule has 1 saturated carbocycles. The van der Waals surface area contributed by atoms with Gasteiger partial charge in [-0.15, -0.1) is 0 Å². The van der Waals surface area contributed by atoms with E-state index in [0.717, 1.165) is 30.4 Å². The molecule has 1 saturated heterocycles. The second-order valence-corrected chi connectivity index (χ2v) is 6.92. The van der Waals surface area contributed by atoms with Crippen molar-refractivity contribution >= 4 is 11.7 Å². The number of hydrogen-bond acceptors (Lipinski definition) is 5. The monoisotopic (exact) mass is 390 g/mol. The standard InChI is InChI=1S/C17H22F4N4O2/c1-25(16(5-6-16)17(19,20)21)13-11(18)8-10(15(24-13)27-2)9-23-14(26)12-4-3-7-22-12/h8,12,22H,3-7,9H2,1-2H3,(H,23,26)/t12-/m0/s1. The number of methoxy groups -OCH3 is 1. The Morgan fingerprint density at radius 1 is 1.48 bits per heavy atom. The molecule has 1 atom stereocenters. The molecule has 27 heavy (non-hydrogen) atoms. The quantitative estimate of drug-likeness (QED) is 0.729. The van der Waals surface area contributed by atoms with Gasteiger partial charge in [0.05, 0.1) is 13.2 Å². The van der Waals surface area contributed by atoms with E-state index < -0.39 is 23.4 Å². The number of amides is 1. The van der Waals surface area contributed by atoms with E-state index in [4.69, 9.17) is 4.74 Å². The highest BCUT2D eigenvalue weighted by Crippen LogP contribution is 2.54. The maximum Gasteiger partial charge on any atom is 0.411 e. The van der Waals surface area contributed by atoms with Gasteiger partial charge in [-0.2, -0.15) is 18.2 Å². The zero-order valence-corrected chi connectivity index (χ0v) is 15.1. The summed E-state index contributed by atoms with van der Waals surface area (Å²) in [5.41, 5.74) is -1.83. The molecule has 0 radical (unpaired) electrons. The molecule has 0 unspecified atom stereocenters. The zero-order chi connectivity index (χ0) is 19.8. The van der Waals surface area contributed by atoms with Crippen molar-refractivity contribution in [2.45, 2.75) is 50.0 Å². The zero-order valence-electron chi connectivity index (χ0n) is 15.1. The first-order chi connectivity index (χ1) is 12.7. The van der Waals surface area contributed by atoms with Crippen LogP contribution in [0, 0.1) is 5.82 Å². The number of carbonyl (C=O) groups is 1. The van der Waals surface area contributed by atoms with Gasteiger partial charge in [0.1, 0.15) is 5.54 Å². The number of nitrogens with zero attached hydrogens (tertiary/aromatic N) is 2. The van der Waals surface area contributed by atoms with Crippen LogP contribution in [0.3, 0.4) is 0 Å². The Bertz CT molecular complexity index is 716. The predicted molar refractivity (Wildman–Crippen MR) is 90.0 cm³/mol. The van der Waals surface area contributed by atoms with E-state index in [0.29, 0.717) is 0 Å². The Hall–Kier alpha value is -2.10. The van der Waals surface area contributed by atoms with Crippen molar-refractivity contribution in [2.75, 3.05) is 25.6 Å². The van der Waals surface area contributed by atoms with Gasteiger partial charge < -0.3 is 20.3 Å². The highest BCUT2D eigenvalue weighted by Gasteiger charge is 2.66. The van der Waals surface area contributed by atoms with Crippen LogP contribution in [-0.2, 0) is 11.3 Å². The summed E-state index contributed by atoms with van der Waals surface area (Å²) in [6.45, 7) is 0.734. The maximum atomic E-state index is 14.5. The van der Waals surface area contributed by atoms with E-state index in [9.17, 15) is 22.4 Å². The molecule has 10 heteroatoms. The highest BCUT2D eigenvalue weighted by molar-refractivity contribution is 5.82. The number of carbonyl (C=O) groups excluding carboxylic acids is 1. The summed E-state index contributed by atoms with van der Waals surface area (Å²) >= 11 is 0. The Labute approximate surface area is 154 Å². The lowest BCUT2D eigenvalue weighted by molar-refractivity contribution is -0.157. The Kier molecular flexibility index (Phi) is 5.20. The van der Waals surface area contributed by atoms with Crippen LogP contribution in [0.25, 0.3) is 0 Å². The molecule has 6 nitrogen and oxygen atoms in total. The number of hydrogen-bond donors (Lipinski definition) is 2. The Morgan fingerprint density at radius 2 is 2.19 bits per heavy atom. The fraction of sp³-hybridized carbons (Fsp3) is 0.647. The van der Waals surface area contributed by atoms with E-state index in [1.807, 2.05) is 0 Å². The lowest BCUT2D eigenvalue weighted by atomic mass is 10.2. The average Bonchev–Trinajstić information content (AvgIpc) is 3.27. The van der Waals surface area contributed by atoms with Gasteiger partial charge in [-0.05, 0) is 38.3 Å². The first kappa shape index (κ1) is 19.7. The molecule has 0 spiro atoms. The predicted octanol–water partition coefficient (Wildman–Crippen LogP) is 2.13. The summed E-state index contributed by atoms with van der Waals surface area (Å²) in [7, 11) is 2.48. The molecular weight excluding hydrogens is 368 g/mol. The van der Waals surface area contributed by atoms with Gasteiger partial charge in [0.2, 0.25) is 11.8 Å². The fourth-order valence-corrected chi connectivity index (χ4v) is 3.38. The van der Waals surface area contributed by atoms with Gasteiger partial charge >= 0.3 is 6.18 Å². The van der Waals surface area contributed by atoms with Crippen molar-refractivity contribution < 1.29 is 27.1 Å². The van der Waals surface area contributed by atoms with Crippen molar-refractivity contribution in [2.24, 2.45) is 0 Å². The molecule has 1 aliphatic carbocycles. The number of rotatable bonds is 6. The van der Waals surface area contributed by atoms with Crippen LogP contribution in [-0.4, -0.2) is 49.4 Å². The number of pyridine rings is 1. The number of nitrogens with one attached hydrogen (secondary N) is 2. The molecule has 3 rings (SSSR count). The lowest BCUT2D eigenvalue weighted by Crippen LogP contribution is -2.47. The maximum absolute atomic E-state index is 14.5. The fourth-order valence-electron chi connectivity index (χ4n) is 3.38. The third-order valence-corrected chi connectivity index (χ3v) is 5.23. The van der Waals surface area contributed by atoms with Crippen molar-refractivity contribution in [1.82, 2.24) is 15.6 Å². The summed E-state index contributed by atoms with van der Waals surface area (Å²) in [5.74, 6) is -1.55. The van der Waals surface area contributed by atoms with Crippen molar-refractivity contribution in [3.05, 3.63) is 17.4 Å². The SMILES string of the molecule is COc1nc(N(C)C2(C(F)(F)F)CC2)c(F)cc1CNC(=O)[C@@H]1CCCN1. The lowest BCUT2D eigenvalue weighted by Gasteiger charge is -2.31. The van der Waals surface area contributed by atoms with Crippen molar-refractivity contribution in [3.8, 4) is 5.88 Å². The van der Waals surface area contributed by atoms with E-state index in [-0.39, 0.29) is 42.8 Å². The molecule has 2 fully saturated rings. The molecule has 1 aliphatic heterocycles. The van der Waals surface area contributed by atoms with Crippen LogP contribution < -0.4 is 20.3 Å². The topological polar surface area (TPSA) is 66.5 Å². The minimum Gasteiger partial charge on any atom is -0.481 e. The number of anilines is 1. The third kappa shape index (κ3) is 3.67. The normalized spacial score (nSPS) is 21.0. The van der Waals surface area contributed by atoms with Crippen molar-refractivity contribution in [3.63, 3.8) is 0 Å². The second kappa shape index (κ2) is 7.14. The Morgan fingerprint density at radius 3 is 2.70 bits per heavy atom. The van der Waals surface area contributed by atoms with Gasteiger partial charge in [0.25, 0.3) is 0 Å². The van der Waals surface area contributed by atoms with Crippen LogP contribution in [0.15, 0.2) is 6.07 Å². The van der Waals surface area contributed by atoms with Crippen LogP contribution in [0.1, 0.15) is 31.2 Å². The summed E-state index contributed by atoms with van der Waals surface area (Å²) in [5, 5.41) is 5.72. The molecule has 2 heterocycles. The molecular formula is C17H22F4N4O2. The van der Waals surface area contributed by atoms with E-state index >= 15 is 0 Å². The molecule has 2 aliphatic rings. The number of halogens is 4. The van der Waals surface area contributed by atoms with Gasteiger partial charge in [0.15, 0.2) is 11.6 Å². The van der Waals surface area contributed by atoms with Gasteiger partial charge in [0, 0.05) is 19.2 Å². The summed E-state index contributed by atoms with van der Waals surface area (Å²) in [6, 6.07) is 0.771. The average molecular weight is 390 g/mol. The van der Waals surface area contributed by atoms with Gasteiger partial charge in [-0.25, -0.2) is 4.39 Å². The largest absolute Gasteiger partial charge is 0.481 e. The molecule has 1 amide bonds. The van der Waals surface area contributed by atoms with E-state index in [1.54, 1.807) is 0 Å². The molecule has 1 aromatic rings. The first-order valence-corrected chi connectivity index (χ1v) is 8.74. The molecule has 0 aromatic carbocycles. The summed E-state index contributed by atoms with van der Waals surface area (Å²) in [6.07, 6.45) is -3.08. The molecule has 0 bridgehead atoms. The van der Waals surface area contributed by atoms with E-state index in [2.05, 4.69) is 15.6 Å². The highest BCUT2D eigenvalue weighted by atomic mass is 19.4. The van der Waals surface area contributed by atoms with Crippen LogP contribution in [0.2, 0.25) is 0 Å². The summed E-state index contributed by atoms with van der Waals surface area (Å²) < 4.78 is 59.6. The molecule has 1 aromatic heterocycles. The summed E-state index contributed by atoms with van der Waals surface area (Å²) in [4.78, 5) is 16.8. The van der Waals surface area contributed by atoms with Crippen LogP contribution in [0.4, 0.5) is 23.4 Å². The van der Waals surface area contributed by atoms with E-state index in [1.165, 1.54) is 14.2 Å².